The first-order valence-corrected chi connectivity index (χ1v) is 19.8. The van der Waals surface area contributed by atoms with Gasteiger partial charge in [0.15, 0.2) is 0 Å². The summed E-state index contributed by atoms with van der Waals surface area (Å²) in [5, 5.41) is 8.92. The van der Waals surface area contributed by atoms with E-state index in [0.717, 1.165) is 28.4 Å². The second-order valence-electron chi connectivity index (χ2n) is 16.1. The highest BCUT2D eigenvalue weighted by Gasteiger charge is 2.30. The van der Waals surface area contributed by atoms with Gasteiger partial charge in [-0.15, -0.1) is 0 Å². The monoisotopic (exact) mass is 714 g/mol. The van der Waals surface area contributed by atoms with E-state index in [1.807, 2.05) is 0 Å². The number of nitrogens with zero attached hydrogens (tertiary/aromatic N) is 3. The van der Waals surface area contributed by atoms with E-state index in [2.05, 4.69) is 206 Å². The van der Waals surface area contributed by atoms with Gasteiger partial charge in [-0.25, -0.2) is 0 Å². The molecule has 0 atom stereocenters. The lowest BCUT2D eigenvalue weighted by Gasteiger charge is -2.38. The van der Waals surface area contributed by atoms with Crippen LogP contribution in [0.4, 0.5) is 28.4 Å². The van der Waals surface area contributed by atoms with Crippen LogP contribution in [-0.2, 0) is 0 Å². The standard InChI is InChI=1S/C51H46N4/c1-31(2)34-28-40(32(3)4)50(41(29-34)33(5)6)55-46-23-15-12-20-42(46)52-43-30-36(24-26-47(43)55)54-44-21-13-10-18-37(44)38-25-27-48-49(51(38)54)39-19-11-14-22-45(39)53(48)35-16-8-7-9-17-35/h7-33,52H,1-6H3. The number of nitrogens with one attached hydrogen (secondary N) is 1. The number of rotatable bonds is 6. The van der Waals surface area contributed by atoms with E-state index in [9.17, 15) is 0 Å². The summed E-state index contributed by atoms with van der Waals surface area (Å²) in [6.07, 6.45) is 0. The highest BCUT2D eigenvalue weighted by molar-refractivity contribution is 6.26. The summed E-state index contributed by atoms with van der Waals surface area (Å²) in [5.74, 6) is 1.16. The molecule has 0 bridgehead atoms. The molecular weight excluding hydrogens is 669 g/mol. The zero-order valence-corrected chi connectivity index (χ0v) is 32.4. The van der Waals surface area contributed by atoms with Crippen LogP contribution in [0.15, 0.2) is 146 Å². The van der Waals surface area contributed by atoms with Crippen molar-refractivity contribution in [3.8, 4) is 11.4 Å². The molecule has 7 aromatic carbocycles. The van der Waals surface area contributed by atoms with Crippen LogP contribution < -0.4 is 10.2 Å². The summed E-state index contributed by atoms with van der Waals surface area (Å²) in [5.41, 5.74) is 17.2. The Labute approximate surface area is 323 Å². The maximum Gasteiger partial charge on any atom is 0.0699 e. The van der Waals surface area contributed by atoms with E-state index in [1.54, 1.807) is 0 Å². The van der Waals surface area contributed by atoms with Crippen molar-refractivity contribution in [3.63, 3.8) is 0 Å². The van der Waals surface area contributed by atoms with Crippen LogP contribution in [0.25, 0.3) is 55.0 Å². The highest BCUT2D eigenvalue weighted by Crippen LogP contribution is 2.53. The molecule has 1 aliphatic heterocycles. The Morgan fingerprint density at radius 2 is 1.05 bits per heavy atom. The third kappa shape index (κ3) is 5.04. The molecule has 2 aromatic heterocycles. The molecule has 0 unspecified atom stereocenters. The molecule has 0 radical (unpaired) electrons. The zero-order chi connectivity index (χ0) is 37.5. The summed E-state index contributed by atoms with van der Waals surface area (Å²) in [6, 6.07) is 53.8. The van der Waals surface area contributed by atoms with Gasteiger partial charge in [0.2, 0.25) is 0 Å². The van der Waals surface area contributed by atoms with Crippen LogP contribution in [0.1, 0.15) is 76.0 Å². The molecule has 1 N–H and O–H groups in total. The van der Waals surface area contributed by atoms with Crippen LogP contribution in [0.3, 0.4) is 0 Å². The minimum Gasteiger partial charge on any atom is -0.352 e. The lowest BCUT2D eigenvalue weighted by Crippen LogP contribution is -2.21. The second-order valence-corrected chi connectivity index (χ2v) is 16.1. The molecule has 270 valence electrons. The Kier molecular flexibility index (Phi) is 7.67. The quantitative estimate of drug-likeness (QED) is 0.185. The van der Waals surface area contributed by atoms with Gasteiger partial charge in [0, 0.05) is 32.9 Å². The molecule has 10 rings (SSSR count). The SMILES string of the molecule is CC(C)c1cc(C(C)C)c(N2c3ccccc3Nc3cc(-n4c5ccccc5c5ccc6c(c7ccccc7n6-c6ccccc6)c54)ccc32)c(C(C)C)c1. The van der Waals surface area contributed by atoms with Crippen molar-refractivity contribution in [1.29, 1.82) is 0 Å². The number of aromatic nitrogens is 2. The van der Waals surface area contributed by atoms with Crippen molar-refractivity contribution < 1.29 is 0 Å². The Balaban J connectivity index is 1.27. The largest absolute Gasteiger partial charge is 0.352 e. The van der Waals surface area contributed by atoms with E-state index >= 15 is 0 Å². The Bertz CT molecular complexity index is 2910. The number of fused-ring (bicyclic) bond motifs is 9. The Morgan fingerprint density at radius 1 is 0.436 bits per heavy atom. The molecule has 0 aliphatic carbocycles. The first kappa shape index (κ1) is 33.3. The number of para-hydroxylation sites is 5. The smallest absolute Gasteiger partial charge is 0.0699 e. The maximum atomic E-state index is 3.90. The van der Waals surface area contributed by atoms with Crippen molar-refractivity contribution >= 4 is 72.0 Å². The van der Waals surface area contributed by atoms with Crippen molar-refractivity contribution in [2.45, 2.75) is 59.3 Å². The van der Waals surface area contributed by atoms with Crippen LogP contribution in [0.5, 0.6) is 0 Å². The molecule has 55 heavy (non-hydrogen) atoms. The summed E-state index contributed by atoms with van der Waals surface area (Å²) >= 11 is 0. The topological polar surface area (TPSA) is 25.1 Å². The number of benzene rings is 7. The molecule has 4 nitrogen and oxygen atoms in total. The van der Waals surface area contributed by atoms with Crippen LogP contribution >= 0.6 is 0 Å². The summed E-state index contributed by atoms with van der Waals surface area (Å²) in [6.45, 7) is 14.0. The van der Waals surface area contributed by atoms with Gasteiger partial charge in [-0.1, -0.05) is 126 Å². The molecule has 9 aromatic rings. The van der Waals surface area contributed by atoms with Gasteiger partial charge in [-0.3, -0.25) is 0 Å². The molecule has 3 heterocycles. The Hall–Kier alpha value is -6.26. The third-order valence-electron chi connectivity index (χ3n) is 11.7. The molecule has 4 heteroatoms. The second kappa shape index (κ2) is 12.7. The molecule has 0 spiro atoms. The fraction of sp³-hybridized carbons (Fsp3) is 0.176. The maximum absolute atomic E-state index is 3.90. The van der Waals surface area contributed by atoms with E-state index in [0.29, 0.717) is 17.8 Å². The van der Waals surface area contributed by atoms with Gasteiger partial charge in [-0.2, -0.15) is 0 Å². The lowest BCUT2D eigenvalue weighted by molar-refractivity contribution is 0.802. The fourth-order valence-corrected chi connectivity index (χ4v) is 9.06. The normalized spacial score (nSPS) is 12.8. The predicted octanol–water partition coefficient (Wildman–Crippen LogP) is 14.8. The molecule has 0 saturated heterocycles. The summed E-state index contributed by atoms with van der Waals surface area (Å²) in [4.78, 5) is 2.54. The average molecular weight is 715 g/mol. The fourth-order valence-electron chi connectivity index (χ4n) is 9.06. The Morgan fingerprint density at radius 3 is 1.76 bits per heavy atom. The summed E-state index contributed by atoms with van der Waals surface area (Å²) < 4.78 is 4.91. The van der Waals surface area contributed by atoms with Crippen LogP contribution in [0, 0.1) is 0 Å². The zero-order valence-electron chi connectivity index (χ0n) is 32.4. The first-order chi connectivity index (χ1) is 26.8. The number of hydrogen-bond acceptors (Lipinski definition) is 2. The van der Waals surface area contributed by atoms with Crippen molar-refractivity contribution in [3.05, 3.63) is 162 Å². The highest BCUT2D eigenvalue weighted by atomic mass is 15.2. The minimum absolute atomic E-state index is 0.356. The van der Waals surface area contributed by atoms with E-state index in [-0.39, 0.29) is 0 Å². The molecule has 1 aliphatic rings. The molecular formula is C51H46N4. The van der Waals surface area contributed by atoms with Crippen molar-refractivity contribution in [2.75, 3.05) is 10.2 Å². The number of hydrogen-bond donors (Lipinski definition) is 1. The van der Waals surface area contributed by atoms with Crippen molar-refractivity contribution in [1.82, 2.24) is 9.13 Å². The average Bonchev–Trinajstić information content (AvgIpc) is 3.72. The van der Waals surface area contributed by atoms with E-state index in [1.165, 1.54) is 71.7 Å². The van der Waals surface area contributed by atoms with E-state index in [4.69, 9.17) is 0 Å². The van der Waals surface area contributed by atoms with Crippen LogP contribution in [-0.4, -0.2) is 9.13 Å². The lowest BCUT2D eigenvalue weighted by atomic mass is 9.86. The summed E-state index contributed by atoms with van der Waals surface area (Å²) in [7, 11) is 0. The third-order valence-corrected chi connectivity index (χ3v) is 11.7. The first-order valence-electron chi connectivity index (χ1n) is 19.8. The minimum atomic E-state index is 0.356. The molecule has 0 amide bonds. The van der Waals surface area contributed by atoms with Gasteiger partial charge in [0.05, 0.1) is 50.5 Å². The molecule has 0 fully saturated rings. The van der Waals surface area contributed by atoms with E-state index < -0.39 is 0 Å². The van der Waals surface area contributed by atoms with Gasteiger partial charge >= 0.3 is 0 Å². The van der Waals surface area contributed by atoms with Crippen LogP contribution in [0.2, 0.25) is 0 Å². The predicted molar refractivity (Wildman–Crippen MR) is 235 cm³/mol. The van der Waals surface area contributed by atoms with Gasteiger partial charge < -0.3 is 19.4 Å². The van der Waals surface area contributed by atoms with Gasteiger partial charge in [0.25, 0.3) is 0 Å². The number of anilines is 5. The molecule has 0 saturated carbocycles. The van der Waals surface area contributed by atoms with Crippen molar-refractivity contribution in [2.24, 2.45) is 0 Å². The van der Waals surface area contributed by atoms with Gasteiger partial charge in [0.1, 0.15) is 0 Å². The van der Waals surface area contributed by atoms with Gasteiger partial charge in [-0.05, 0) is 95.1 Å².